The van der Waals surface area contributed by atoms with Crippen LogP contribution in [-0.2, 0) is 11.2 Å². The summed E-state index contributed by atoms with van der Waals surface area (Å²) in [6.07, 6.45) is -0.466. The van der Waals surface area contributed by atoms with Crippen LogP contribution >= 0.6 is 0 Å². The summed E-state index contributed by atoms with van der Waals surface area (Å²) < 4.78 is 33.5. The van der Waals surface area contributed by atoms with Gasteiger partial charge in [0.05, 0.1) is 13.5 Å². The number of benzene rings is 1. The molecule has 0 aliphatic rings. The van der Waals surface area contributed by atoms with E-state index in [1.807, 2.05) is 0 Å². The van der Waals surface area contributed by atoms with Crippen molar-refractivity contribution in [3.05, 3.63) is 23.3 Å². The lowest BCUT2D eigenvalue weighted by molar-refractivity contribution is -0.136. The van der Waals surface area contributed by atoms with Gasteiger partial charge >= 0.3 is 12.6 Å². The van der Waals surface area contributed by atoms with Crippen LogP contribution in [0, 0.1) is 11.3 Å². The molecular formula is C11H9F2NO4. The minimum Gasteiger partial charge on any atom is -0.493 e. The number of nitrogens with zero attached hydrogens (tertiary/aromatic N) is 1. The highest BCUT2D eigenvalue weighted by atomic mass is 19.3. The van der Waals surface area contributed by atoms with Crippen molar-refractivity contribution in [3.8, 4) is 17.6 Å². The number of nitriles is 1. The van der Waals surface area contributed by atoms with Crippen molar-refractivity contribution in [2.45, 2.75) is 13.0 Å². The van der Waals surface area contributed by atoms with E-state index >= 15 is 0 Å². The van der Waals surface area contributed by atoms with E-state index in [4.69, 9.17) is 15.1 Å². The first-order valence-corrected chi connectivity index (χ1v) is 4.76. The highest BCUT2D eigenvalue weighted by Crippen LogP contribution is 2.34. The van der Waals surface area contributed by atoms with Crippen molar-refractivity contribution >= 4 is 5.97 Å². The number of ether oxygens (including phenoxy) is 2. The number of alkyl halides is 2. The largest absolute Gasteiger partial charge is 0.493 e. The maximum absolute atomic E-state index is 12.2. The highest BCUT2D eigenvalue weighted by Gasteiger charge is 2.20. The van der Waals surface area contributed by atoms with Crippen molar-refractivity contribution in [1.29, 1.82) is 5.26 Å². The van der Waals surface area contributed by atoms with Crippen LogP contribution in [0.1, 0.15) is 11.1 Å². The van der Waals surface area contributed by atoms with E-state index in [0.29, 0.717) is 0 Å². The molecule has 0 aliphatic carbocycles. The summed E-state index contributed by atoms with van der Waals surface area (Å²) in [5, 5.41) is 17.6. The minimum atomic E-state index is -3.13. The number of carboxylic acid groups (broad SMARTS) is 1. The Labute approximate surface area is 101 Å². The van der Waals surface area contributed by atoms with Crippen molar-refractivity contribution in [2.75, 3.05) is 7.11 Å². The summed E-state index contributed by atoms with van der Waals surface area (Å²) in [7, 11) is 1.23. The van der Waals surface area contributed by atoms with Crippen LogP contribution in [0.2, 0.25) is 0 Å². The summed E-state index contributed by atoms with van der Waals surface area (Å²) in [6, 6.07) is 4.25. The van der Waals surface area contributed by atoms with Gasteiger partial charge in [0.15, 0.2) is 11.5 Å². The summed E-state index contributed by atoms with van der Waals surface area (Å²) in [5.74, 6) is -1.69. The predicted molar refractivity (Wildman–Crippen MR) is 55.7 cm³/mol. The molecule has 1 rings (SSSR count). The van der Waals surface area contributed by atoms with E-state index in [1.54, 1.807) is 6.07 Å². The Balaban J connectivity index is 3.33. The number of carboxylic acids is 1. The number of hydrogen-bond donors (Lipinski definition) is 1. The summed E-state index contributed by atoms with van der Waals surface area (Å²) in [5.41, 5.74) is -0.182. The van der Waals surface area contributed by atoms with Crippen LogP contribution in [0.5, 0.6) is 11.5 Å². The average Bonchev–Trinajstić information content (AvgIpc) is 2.28. The number of halogens is 2. The molecule has 0 radical (unpaired) electrons. The van der Waals surface area contributed by atoms with Gasteiger partial charge in [0, 0.05) is 0 Å². The zero-order valence-electron chi connectivity index (χ0n) is 9.31. The quantitative estimate of drug-likeness (QED) is 0.869. The van der Waals surface area contributed by atoms with Crippen LogP contribution in [0.4, 0.5) is 8.78 Å². The fourth-order valence-electron chi connectivity index (χ4n) is 1.40. The number of methoxy groups -OCH3 is 1. The van der Waals surface area contributed by atoms with E-state index in [9.17, 15) is 13.6 Å². The summed E-state index contributed by atoms with van der Waals surface area (Å²) in [6.45, 7) is -3.13. The fourth-order valence-corrected chi connectivity index (χ4v) is 1.40. The average molecular weight is 257 g/mol. The molecule has 1 N–H and O–H groups in total. The van der Waals surface area contributed by atoms with Gasteiger partial charge in [-0.2, -0.15) is 14.0 Å². The van der Waals surface area contributed by atoms with E-state index in [0.717, 1.165) is 0 Å². The second-order valence-electron chi connectivity index (χ2n) is 3.19. The molecule has 0 unspecified atom stereocenters. The topological polar surface area (TPSA) is 79.5 Å². The maximum atomic E-state index is 12.2. The molecule has 0 saturated carbocycles. The van der Waals surface area contributed by atoms with E-state index in [1.165, 1.54) is 19.2 Å². The van der Waals surface area contributed by atoms with Gasteiger partial charge < -0.3 is 14.6 Å². The standard InChI is InChI=1S/C11H9F2NO4/c1-17-8-3-2-6(4-9(15)16)7(5-14)10(8)18-11(12)13/h2-3,11H,4H2,1H3,(H,15,16). The van der Waals surface area contributed by atoms with Gasteiger partial charge in [0.2, 0.25) is 0 Å². The first-order chi connectivity index (χ1) is 8.49. The van der Waals surface area contributed by atoms with Gasteiger partial charge in [-0.25, -0.2) is 0 Å². The molecule has 0 amide bonds. The Morgan fingerprint density at radius 2 is 2.22 bits per heavy atom. The molecule has 0 heterocycles. The lowest BCUT2D eigenvalue weighted by Crippen LogP contribution is -2.09. The molecule has 5 nitrogen and oxygen atoms in total. The van der Waals surface area contributed by atoms with Crippen molar-refractivity contribution in [1.82, 2.24) is 0 Å². The van der Waals surface area contributed by atoms with Crippen LogP contribution in [0.15, 0.2) is 12.1 Å². The zero-order chi connectivity index (χ0) is 13.7. The Morgan fingerprint density at radius 3 is 2.67 bits per heavy atom. The summed E-state index contributed by atoms with van der Waals surface area (Å²) >= 11 is 0. The predicted octanol–water partition coefficient (Wildman–Crippen LogP) is 1.80. The monoisotopic (exact) mass is 257 g/mol. The Hall–Kier alpha value is -2.36. The Morgan fingerprint density at radius 1 is 1.56 bits per heavy atom. The molecule has 7 heteroatoms. The molecule has 96 valence electrons. The SMILES string of the molecule is COc1ccc(CC(=O)O)c(C#N)c1OC(F)F. The number of hydrogen-bond acceptors (Lipinski definition) is 4. The first kappa shape index (κ1) is 13.7. The highest BCUT2D eigenvalue weighted by molar-refractivity contribution is 5.73. The normalized spacial score (nSPS) is 9.94. The molecule has 0 fully saturated rings. The molecule has 18 heavy (non-hydrogen) atoms. The molecule has 0 atom stereocenters. The van der Waals surface area contributed by atoms with Gasteiger partial charge in [-0.1, -0.05) is 6.07 Å². The minimum absolute atomic E-state index is 0.0546. The van der Waals surface area contributed by atoms with Crippen molar-refractivity contribution in [2.24, 2.45) is 0 Å². The third-order valence-corrected chi connectivity index (χ3v) is 2.09. The lowest BCUT2D eigenvalue weighted by atomic mass is 10.0. The zero-order valence-corrected chi connectivity index (χ0v) is 9.31. The molecule has 0 aromatic heterocycles. The molecule has 1 aromatic rings. The Kier molecular flexibility index (Phi) is 4.43. The summed E-state index contributed by atoms with van der Waals surface area (Å²) in [4.78, 5) is 10.6. The maximum Gasteiger partial charge on any atom is 0.387 e. The molecular weight excluding hydrogens is 248 g/mol. The lowest BCUT2D eigenvalue weighted by Gasteiger charge is -2.13. The van der Waals surface area contributed by atoms with Crippen LogP contribution in [0.25, 0.3) is 0 Å². The van der Waals surface area contributed by atoms with Crippen LogP contribution in [0.3, 0.4) is 0 Å². The molecule has 1 aromatic carbocycles. The van der Waals surface area contributed by atoms with E-state index < -0.39 is 24.8 Å². The molecule has 0 spiro atoms. The van der Waals surface area contributed by atoms with Gasteiger partial charge in [0.25, 0.3) is 0 Å². The van der Waals surface area contributed by atoms with Crippen LogP contribution < -0.4 is 9.47 Å². The first-order valence-electron chi connectivity index (χ1n) is 4.76. The van der Waals surface area contributed by atoms with Gasteiger partial charge in [0.1, 0.15) is 11.6 Å². The smallest absolute Gasteiger partial charge is 0.387 e. The third-order valence-electron chi connectivity index (χ3n) is 2.09. The second kappa shape index (κ2) is 5.82. The number of carbonyl (C=O) groups is 1. The van der Waals surface area contributed by atoms with E-state index in [2.05, 4.69) is 4.74 Å². The van der Waals surface area contributed by atoms with Gasteiger partial charge in [-0.15, -0.1) is 0 Å². The molecule has 0 bridgehead atoms. The van der Waals surface area contributed by atoms with Gasteiger partial charge in [-0.3, -0.25) is 4.79 Å². The molecule has 0 aliphatic heterocycles. The fraction of sp³-hybridized carbons (Fsp3) is 0.273. The molecule has 0 saturated heterocycles. The van der Waals surface area contributed by atoms with Crippen LogP contribution in [-0.4, -0.2) is 24.8 Å². The van der Waals surface area contributed by atoms with E-state index in [-0.39, 0.29) is 16.9 Å². The Bertz CT molecular complexity index is 497. The van der Waals surface area contributed by atoms with Gasteiger partial charge in [-0.05, 0) is 11.6 Å². The number of aliphatic carboxylic acids is 1. The van der Waals surface area contributed by atoms with Crippen molar-refractivity contribution in [3.63, 3.8) is 0 Å². The second-order valence-corrected chi connectivity index (χ2v) is 3.19. The third kappa shape index (κ3) is 3.07. The number of rotatable bonds is 5. The van der Waals surface area contributed by atoms with Crippen molar-refractivity contribution < 1.29 is 28.2 Å².